The molecule has 0 atom stereocenters. The Balaban J connectivity index is 2.09. The molecular formula is C11H10Cl2N4O. The fourth-order valence-corrected chi connectivity index (χ4v) is 1.74. The van der Waals surface area contributed by atoms with Crippen molar-refractivity contribution in [1.29, 1.82) is 0 Å². The van der Waals surface area contributed by atoms with Crippen LogP contribution in [0.4, 0.5) is 5.69 Å². The largest absolute Gasteiger partial charge is 0.397 e. The molecule has 1 aromatic heterocycles. The minimum Gasteiger partial charge on any atom is -0.397 e. The van der Waals surface area contributed by atoms with Gasteiger partial charge in [0.2, 0.25) is 0 Å². The van der Waals surface area contributed by atoms with Crippen molar-refractivity contribution in [3.05, 3.63) is 45.7 Å². The summed E-state index contributed by atoms with van der Waals surface area (Å²) in [5.74, 6) is -0.283. The Labute approximate surface area is 113 Å². The van der Waals surface area contributed by atoms with Crippen molar-refractivity contribution >= 4 is 34.8 Å². The average Bonchev–Trinajstić information content (AvgIpc) is 2.85. The quantitative estimate of drug-likeness (QED) is 0.756. The van der Waals surface area contributed by atoms with Crippen molar-refractivity contribution in [3.8, 4) is 0 Å². The van der Waals surface area contributed by atoms with Gasteiger partial charge in [-0.15, -0.1) is 0 Å². The van der Waals surface area contributed by atoms with Crippen molar-refractivity contribution in [2.75, 3.05) is 5.73 Å². The molecule has 1 amide bonds. The van der Waals surface area contributed by atoms with E-state index in [0.717, 1.165) is 5.69 Å². The molecule has 1 aromatic carbocycles. The fraction of sp³-hybridized carbons (Fsp3) is 0.0909. The lowest BCUT2D eigenvalue weighted by atomic mass is 10.2. The predicted octanol–water partition coefficient (Wildman–Crippen LogP) is 2.23. The number of nitrogens with zero attached hydrogens (tertiary/aromatic N) is 1. The van der Waals surface area contributed by atoms with Crippen molar-refractivity contribution in [3.63, 3.8) is 0 Å². The van der Waals surface area contributed by atoms with Gasteiger partial charge in [-0.25, -0.2) is 0 Å². The molecule has 1 heterocycles. The van der Waals surface area contributed by atoms with E-state index in [1.54, 1.807) is 12.3 Å². The number of carbonyl (C=O) groups excluding carboxylic acids is 1. The molecule has 0 aliphatic heterocycles. The van der Waals surface area contributed by atoms with Crippen LogP contribution in [0.3, 0.4) is 0 Å². The Morgan fingerprint density at radius 3 is 2.83 bits per heavy atom. The van der Waals surface area contributed by atoms with E-state index in [4.69, 9.17) is 28.9 Å². The maximum Gasteiger partial charge on any atom is 0.251 e. The van der Waals surface area contributed by atoms with Gasteiger partial charge in [0, 0.05) is 11.8 Å². The Kier molecular flexibility index (Phi) is 3.74. The van der Waals surface area contributed by atoms with Gasteiger partial charge in [-0.3, -0.25) is 9.89 Å². The first-order valence-corrected chi connectivity index (χ1v) is 5.84. The number of halogens is 2. The van der Waals surface area contributed by atoms with Crippen LogP contribution in [-0.4, -0.2) is 16.1 Å². The van der Waals surface area contributed by atoms with Crippen LogP contribution in [0.15, 0.2) is 24.4 Å². The number of hydrogen-bond donors (Lipinski definition) is 3. The van der Waals surface area contributed by atoms with E-state index in [1.807, 2.05) is 0 Å². The molecule has 0 aliphatic rings. The van der Waals surface area contributed by atoms with Crippen molar-refractivity contribution in [1.82, 2.24) is 15.5 Å². The van der Waals surface area contributed by atoms with Crippen molar-refractivity contribution in [2.45, 2.75) is 6.54 Å². The number of H-pyrrole nitrogens is 1. The highest BCUT2D eigenvalue weighted by molar-refractivity contribution is 6.43. The molecule has 18 heavy (non-hydrogen) atoms. The molecule has 2 aromatic rings. The van der Waals surface area contributed by atoms with Gasteiger partial charge in [-0.1, -0.05) is 23.2 Å². The molecule has 0 radical (unpaired) electrons. The molecule has 94 valence electrons. The average molecular weight is 285 g/mol. The van der Waals surface area contributed by atoms with E-state index in [-0.39, 0.29) is 21.6 Å². The number of nitrogen functional groups attached to an aromatic ring is 1. The molecule has 7 heteroatoms. The highest BCUT2D eigenvalue weighted by Gasteiger charge is 2.11. The Morgan fingerprint density at radius 1 is 1.44 bits per heavy atom. The second kappa shape index (κ2) is 5.29. The number of carbonyl (C=O) groups is 1. The number of aromatic nitrogens is 2. The molecule has 4 N–H and O–H groups in total. The highest BCUT2D eigenvalue weighted by atomic mass is 35.5. The zero-order valence-corrected chi connectivity index (χ0v) is 10.7. The first-order valence-electron chi connectivity index (χ1n) is 5.09. The number of benzene rings is 1. The van der Waals surface area contributed by atoms with Crippen molar-refractivity contribution in [2.24, 2.45) is 0 Å². The summed E-state index contributed by atoms with van der Waals surface area (Å²) in [5, 5.41) is 9.73. The Hall–Kier alpha value is -1.72. The third-order valence-electron chi connectivity index (χ3n) is 2.32. The van der Waals surface area contributed by atoms with E-state index < -0.39 is 0 Å². The number of amides is 1. The third-order valence-corrected chi connectivity index (χ3v) is 3.13. The lowest BCUT2D eigenvalue weighted by Crippen LogP contribution is -2.23. The normalized spacial score (nSPS) is 10.3. The van der Waals surface area contributed by atoms with E-state index >= 15 is 0 Å². The first kappa shape index (κ1) is 12.7. The topological polar surface area (TPSA) is 83.8 Å². The van der Waals surface area contributed by atoms with E-state index in [9.17, 15) is 4.79 Å². The second-order valence-corrected chi connectivity index (χ2v) is 4.41. The first-order chi connectivity index (χ1) is 8.58. The van der Waals surface area contributed by atoms with Crippen LogP contribution in [0, 0.1) is 0 Å². The smallest absolute Gasteiger partial charge is 0.251 e. The van der Waals surface area contributed by atoms with Gasteiger partial charge in [0.1, 0.15) is 0 Å². The number of nitrogens with two attached hydrogens (primary N) is 1. The van der Waals surface area contributed by atoms with Crippen LogP contribution in [0.1, 0.15) is 16.1 Å². The molecule has 2 rings (SSSR count). The zero-order chi connectivity index (χ0) is 13.1. The van der Waals surface area contributed by atoms with Crippen LogP contribution < -0.4 is 11.1 Å². The molecule has 0 aliphatic carbocycles. The fourth-order valence-electron chi connectivity index (χ4n) is 1.40. The number of hydrogen-bond acceptors (Lipinski definition) is 3. The summed E-state index contributed by atoms with van der Waals surface area (Å²) in [6.07, 6.45) is 1.61. The minimum atomic E-state index is -0.283. The second-order valence-electron chi connectivity index (χ2n) is 3.63. The SMILES string of the molecule is Nc1cc(C(=O)NCc2ccn[nH]2)cc(Cl)c1Cl. The number of aromatic amines is 1. The summed E-state index contributed by atoms with van der Waals surface area (Å²) in [6, 6.07) is 4.72. The summed E-state index contributed by atoms with van der Waals surface area (Å²) in [7, 11) is 0. The number of nitrogens with one attached hydrogen (secondary N) is 2. The maximum atomic E-state index is 11.9. The summed E-state index contributed by atoms with van der Waals surface area (Å²) in [5.41, 5.74) is 7.08. The minimum absolute atomic E-state index is 0.252. The standard InChI is InChI=1S/C11H10Cl2N4O/c12-8-3-6(4-9(14)10(8)13)11(18)15-5-7-1-2-16-17-7/h1-4H,5,14H2,(H,15,18)(H,16,17). The third kappa shape index (κ3) is 2.75. The van der Waals surface area contributed by atoms with Crippen LogP contribution in [-0.2, 0) is 6.54 Å². The monoisotopic (exact) mass is 284 g/mol. The van der Waals surface area contributed by atoms with Gasteiger partial charge in [-0.05, 0) is 18.2 Å². The van der Waals surface area contributed by atoms with Crippen LogP contribution in [0.5, 0.6) is 0 Å². The van der Waals surface area contributed by atoms with Gasteiger partial charge < -0.3 is 11.1 Å². The van der Waals surface area contributed by atoms with E-state index in [2.05, 4.69) is 15.5 Å². The lowest BCUT2D eigenvalue weighted by molar-refractivity contribution is 0.0950. The highest BCUT2D eigenvalue weighted by Crippen LogP contribution is 2.29. The molecule has 0 spiro atoms. The van der Waals surface area contributed by atoms with Gasteiger partial charge in [0.25, 0.3) is 5.91 Å². The number of anilines is 1. The zero-order valence-electron chi connectivity index (χ0n) is 9.21. The van der Waals surface area contributed by atoms with E-state index in [0.29, 0.717) is 12.1 Å². The van der Waals surface area contributed by atoms with Gasteiger partial charge in [0.05, 0.1) is 28.0 Å². The van der Waals surface area contributed by atoms with Crippen molar-refractivity contribution < 1.29 is 4.79 Å². The summed E-state index contributed by atoms with van der Waals surface area (Å²) in [6.45, 7) is 0.346. The van der Waals surface area contributed by atoms with E-state index in [1.165, 1.54) is 12.1 Å². The Morgan fingerprint density at radius 2 is 2.22 bits per heavy atom. The van der Waals surface area contributed by atoms with Crippen LogP contribution in [0.2, 0.25) is 10.0 Å². The van der Waals surface area contributed by atoms with Crippen LogP contribution in [0.25, 0.3) is 0 Å². The molecule has 0 saturated heterocycles. The molecule has 0 saturated carbocycles. The summed E-state index contributed by atoms with van der Waals surface area (Å²) >= 11 is 11.7. The van der Waals surface area contributed by atoms with Gasteiger partial charge in [0.15, 0.2) is 0 Å². The number of rotatable bonds is 3. The molecule has 0 bridgehead atoms. The molecular weight excluding hydrogens is 275 g/mol. The predicted molar refractivity (Wildman–Crippen MR) is 70.6 cm³/mol. The van der Waals surface area contributed by atoms with Gasteiger partial charge in [-0.2, -0.15) is 5.10 Å². The Bertz CT molecular complexity index is 545. The molecule has 0 unspecified atom stereocenters. The summed E-state index contributed by atoms with van der Waals surface area (Å²) < 4.78 is 0. The summed E-state index contributed by atoms with van der Waals surface area (Å²) in [4.78, 5) is 11.9. The van der Waals surface area contributed by atoms with Gasteiger partial charge >= 0.3 is 0 Å². The molecule has 0 fully saturated rings. The molecule has 5 nitrogen and oxygen atoms in total. The maximum absolute atomic E-state index is 11.9. The lowest BCUT2D eigenvalue weighted by Gasteiger charge is -2.07. The van der Waals surface area contributed by atoms with Crippen LogP contribution >= 0.6 is 23.2 Å².